The molecule has 8 nitrogen and oxygen atoms in total. The lowest BCUT2D eigenvalue weighted by Crippen LogP contribution is -2.26. The summed E-state index contributed by atoms with van der Waals surface area (Å²) in [4.78, 5) is 33.0. The molecule has 0 bridgehead atoms. The fourth-order valence-corrected chi connectivity index (χ4v) is 2.39. The quantitative estimate of drug-likeness (QED) is 0.216. The Hall–Kier alpha value is -2.86. The Bertz CT molecular complexity index is 674. The molecule has 0 radical (unpaired) electrons. The van der Waals surface area contributed by atoms with E-state index in [2.05, 4.69) is 28.0 Å². The lowest BCUT2D eigenvalue weighted by molar-refractivity contribution is -0.138. The predicted octanol–water partition coefficient (Wildman–Crippen LogP) is 1.65. The van der Waals surface area contributed by atoms with Crippen LogP contribution in [0.25, 0.3) is 0 Å². The summed E-state index contributed by atoms with van der Waals surface area (Å²) in [5, 5.41) is 26.8. The van der Waals surface area contributed by atoms with Crippen LogP contribution in [0, 0.1) is 12.3 Å². The number of aliphatic carboxylic acids is 2. The Kier molecular flexibility index (Phi) is 10.3. The van der Waals surface area contributed by atoms with E-state index in [0.29, 0.717) is 5.57 Å². The van der Waals surface area contributed by atoms with E-state index in [1.165, 1.54) is 13.1 Å². The maximum absolute atomic E-state index is 11.5. The van der Waals surface area contributed by atoms with E-state index in [-0.39, 0.29) is 23.6 Å². The number of amidine groups is 1. The van der Waals surface area contributed by atoms with Gasteiger partial charge in [0.1, 0.15) is 5.25 Å². The lowest BCUT2D eigenvalue weighted by Gasteiger charge is -1.99. The molecule has 1 rings (SSSR count). The average molecular weight is 365 g/mol. The van der Waals surface area contributed by atoms with Crippen LogP contribution in [0.5, 0.6) is 0 Å². The average Bonchev–Trinajstić information content (AvgIpc) is 2.84. The van der Waals surface area contributed by atoms with Gasteiger partial charge in [0.05, 0.1) is 18.2 Å². The molecule has 1 heterocycles. The maximum Gasteiger partial charge on any atom is 0.332 e. The summed E-state index contributed by atoms with van der Waals surface area (Å²) in [6, 6.07) is 0. The van der Waals surface area contributed by atoms with Crippen LogP contribution in [0.4, 0.5) is 0 Å². The highest BCUT2D eigenvalue weighted by Gasteiger charge is 2.32. The van der Waals surface area contributed by atoms with Crippen molar-refractivity contribution in [2.75, 3.05) is 0 Å². The van der Waals surface area contributed by atoms with Crippen LogP contribution in [0.1, 0.15) is 26.7 Å². The first-order valence-electron chi connectivity index (χ1n) is 7.00. The molecular weight excluding hydrogens is 346 g/mol. The van der Waals surface area contributed by atoms with Crippen molar-refractivity contribution >= 4 is 41.0 Å². The second-order valence-electron chi connectivity index (χ2n) is 4.60. The number of nitrogens with one attached hydrogen (secondary N) is 1. The molecular formula is C16H19N3O5S. The molecule has 1 aliphatic heterocycles. The zero-order chi connectivity index (χ0) is 19.4. The summed E-state index contributed by atoms with van der Waals surface area (Å²) < 4.78 is 0. The molecule has 9 heteroatoms. The smallest absolute Gasteiger partial charge is 0.332 e. The van der Waals surface area contributed by atoms with Crippen molar-refractivity contribution in [3.05, 3.63) is 23.8 Å². The minimum atomic E-state index is -1.14. The number of hydrogen-bond acceptors (Lipinski definition) is 6. The van der Waals surface area contributed by atoms with Gasteiger partial charge in [-0.25, -0.2) is 4.79 Å². The number of amides is 1. The van der Waals surface area contributed by atoms with Crippen molar-refractivity contribution in [3.8, 4) is 12.3 Å². The first-order valence-corrected chi connectivity index (χ1v) is 7.88. The van der Waals surface area contributed by atoms with Crippen LogP contribution < -0.4 is 5.32 Å². The minimum Gasteiger partial charge on any atom is -0.481 e. The largest absolute Gasteiger partial charge is 0.481 e. The van der Waals surface area contributed by atoms with Gasteiger partial charge in [0, 0.05) is 6.42 Å². The topological polar surface area (TPSA) is 128 Å². The summed E-state index contributed by atoms with van der Waals surface area (Å²) in [7, 11) is 0. The molecule has 1 aliphatic rings. The number of allylic oxidation sites excluding steroid dienone is 2. The van der Waals surface area contributed by atoms with E-state index >= 15 is 0 Å². The number of rotatable bonds is 6. The number of carbonyl (C=O) groups excluding carboxylic acids is 1. The molecule has 1 atom stereocenters. The highest BCUT2D eigenvalue weighted by Crippen LogP contribution is 2.22. The molecule has 0 aromatic carbocycles. The Labute approximate surface area is 149 Å². The van der Waals surface area contributed by atoms with Gasteiger partial charge in [-0.2, -0.15) is 5.10 Å². The van der Waals surface area contributed by atoms with Crippen molar-refractivity contribution in [1.82, 2.24) is 5.32 Å². The van der Waals surface area contributed by atoms with Gasteiger partial charge in [-0.05, 0) is 19.4 Å². The molecule has 25 heavy (non-hydrogen) atoms. The Balaban J connectivity index is 0.00000178. The standard InChI is InChI=1S/C13H13N3O5S.C3H6/c1-3-4-8(12(20)21)7(2)6-14-16-13-15-11(19)9(22-13)5-10(17)18;1-3-2/h1,6,9H,4-5H2,2H3,(H,17,18)(H,20,21)(H,15,16,19);3H,1H2,2H3/b8-7-,14-6+;. The van der Waals surface area contributed by atoms with Crippen LogP contribution in [0.15, 0.2) is 34.0 Å². The lowest BCUT2D eigenvalue weighted by atomic mass is 10.1. The van der Waals surface area contributed by atoms with E-state index in [9.17, 15) is 14.4 Å². The van der Waals surface area contributed by atoms with Gasteiger partial charge >= 0.3 is 11.9 Å². The SMILES string of the molecule is C#CC/C(C(=O)O)=C(C)/C=N/N=C1\NC(=O)C(CC(=O)O)S1.C=CC. The number of carboxylic acids is 2. The number of thioether (sulfide) groups is 1. The third-order valence-electron chi connectivity index (χ3n) is 2.55. The van der Waals surface area contributed by atoms with E-state index in [0.717, 1.165) is 11.8 Å². The van der Waals surface area contributed by atoms with Crippen molar-refractivity contribution in [1.29, 1.82) is 0 Å². The first kappa shape index (κ1) is 22.1. The fourth-order valence-electron chi connectivity index (χ4n) is 1.48. The Morgan fingerprint density at radius 2 is 2.08 bits per heavy atom. The van der Waals surface area contributed by atoms with Crippen LogP contribution in [-0.2, 0) is 14.4 Å². The molecule has 0 saturated carbocycles. The molecule has 0 aromatic heterocycles. The van der Waals surface area contributed by atoms with Crippen molar-refractivity contribution in [2.24, 2.45) is 10.2 Å². The maximum atomic E-state index is 11.5. The number of hydrogen-bond donors (Lipinski definition) is 3. The van der Waals surface area contributed by atoms with Gasteiger partial charge in [0.15, 0.2) is 5.17 Å². The second kappa shape index (κ2) is 11.6. The molecule has 0 spiro atoms. The third-order valence-corrected chi connectivity index (χ3v) is 3.62. The minimum absolute atomic E-state index is 0.0262. The molecule has 0 aromatic rings. The summed E-state index contributed by atoms with van der Waals surface area (Å²) in [5.41, 5.74) is 0.365. The summed E-state index contributed by atoms with van der Waals surface area (Å²) >= 11 is 0.954. The van der Waals surface area contributed by atoms with Crippen molar-refractivity contribution < 1.29 is 24.6 Å². The van der Waals surface area contributed by atoms with Crippen LogP contribution in [-0.4, -0.2) is 44.7 Å². The first-order chi connectivity index (χ1) is 11.8. The Morgan fingerprint density at radius 1 is 1.48 bits per heavy atom. The fraction of sp³-hybridized carbons (Fsp3) is 0.312. The highest BCUT2D eigenvalue weighted by molar-refractivity contribution is 8.15. The second-order valence-corrected chi connectivity index (χ2v) is 5.79. The predicted molar refractivity (Wildman–Crippen MR) is 97.4 cm³/mol. The van der Waals surface area contributed by atoms with Gasteiger partial charge in [-0.3, -0.25) is 9.59 Å². The number of nitrogens with zero attached hydrogens (tertiary/aromatic N) is 2. The van der Waals surface area contributed by atoms with Crippen LogP contribution in [0.2, 0.25) is 0 Å². The van der Waals surface area contributed by atoms with E-state index in [1.807, 2.05) is 6.92 Å². The Morgan fingerprint density at radius 3 is 2.56 bits per heavy atom. The van der Waals surface area contributed by atoms with Gasteiger partial charge < -0.3 is 15.5 Å². The van der Waals surface area contributed by atoms with Crippen LogP contribution >= 0.6 is 11.8 Å². The van der Waals surface area contributed by atoms with Crippen molar-refractivity contribution in [2.45, 2.75) is 31.9 Å². The van der Waals surface area contributed by atoms with Crippen molar-refractivity contribution in [3.63, 3.8) is 0 Å². The zero-order valence-corrected chi connectivity index (χ0v) is 14.7. The monoisotopic (exact) mass is 365 g/mol. The van der Waals surface area contributed by atoms with Gasteiger partial charge in [-0.15, -0.1) is 24.0 Å². The molecule has 3 N–H and O–H groups in total. The molecule has 134 valence electrons. The van der Waals surface area contributed by atoms with Gasteiger partial charge in [0.25, 0.3) is 0 Å². The van der Waals surface area contributed by atoms with Crippen LogP contribution in [0.3, 0.4) is 0 Å². The molecule has 0 aliphatic carbocycles. The molecule has 1 saturated heterocycles. The number of carbonyl (C=O) groups is 3. The van der Waals surface area contributed by atoms with E-state index in [4.69, 9.17) is 16.6 Å². The molecule has 1 amide bonds. The normalized spacial score (nSPS) is 18.7. The number of carboxylic acid groups (broad SMARTS) is 2. The summed E-state index contributed by atoms with van der Waals surface area (Å²) in [6.07, 6.45) is 7.69. The van der Waals surface area contributed by atoms with E-state index < -0.39 is 23.1 Å². The third kappa shape index (κ3) is 8.53. The number of terminal acetylenes is 1. The highest BCUT2D eigenvalue weighted by atomic mass is 32.2. The summed E-state index contributed by atoms with van der Waals surface area (Å²) in [5.74, 6) is -0.439. The van der Waals surface area contributed by atoms with E-state index in [1.54, 1.807) is 6.08 Å². The van der Waals surface area contributed by atoms with Gasteiger partial charge in [-0.1, -0.05) is 17.8 Å². The molecule has 1 unspecified atom stereocenters. The summed E-state index contributed by atoms with van der Waals surface area (Å²) in [6.45, 7) is 6.78. The zero-order valence-electron chi connectivity index (χ0n) is 13.9. The van der Waals surface area contributed by atoms with Gasteiger partial charge in [0.2, 0.25) is 5.91 Å². The molecule has 1 fully saturated rings.